The minimum Gasteiger partial charge on any atom is -0.380 e. The van der Waals surface area contributed by atoms with Crippen LogP contribution in [0.3, 0.4) is 0 Å². The molecule has 0 spiro atoms. The van der Waals surface area contributed by atoms with E-state index in [0.717, 1.165) is 17.4 Å². The highest BCUT2D eigenvalue weighted by molar-refractivity contribution is 9.10. The third-order valence-corrected chi connectivity index (χ3v) is 3.17. The lowest BCUT2D eigenvalue weighted by molar-refractivity contribution is 0.121. The molecule has 1 aromatic carbocycles. The molecule has 0 fully saturated rings. The van der Waals surface area contributed by atoms with Gasteiger partial charge in [-0.3, -0.25) is 0 Å². The van der Waals surface area contributed by atoms with Crippen LogP contribution in [0.2, 0.25) is 0 Å². The van der Waals surface area contributed by atoms with Gasteiger partial charge in [0, 0.05) is 16.6 Å². The Kier molecular flexibility index (Phi) is 6.70. The van der Waals surface area contributed by atoms with Crippen molar-refractivity contribution in [2.75, 3.05) is 19.8 Å². The van der Waals surface area contributed by atoms with Crippen LogP contribution >= 0.6 is 15.9 Å². The lowest BCUT2D eigenvalue weighted by Crippen LogP contribution is -2.27. The molecule has 0 aromatic heterocycles. The monoisotopic (exact) mass is 303 g/mol. The second-order valence-electron chi connectivity index (χ2n) is 3.80. The van der Waals surface area contributed by atoms with Crippen LogP contribution < -0.4 is 5.32 Å². The molecule has 0 saturated carbocycles. The zero-order valence-corrected chi connectivity index (χ0v) is 11.9. The third kappa shape index (κ3) is 4.37. The van der Waals surface area contributed by atoms with Crippen molar-refractivity contribution >= 4 is 15.9 Å². The molecule has 0 saturated heterocycles. The molecule has 1 atom stereocenters. The first-order valence-electron chi connectivity index (χ1n) is 5.95. The molecule has 1 aromatic rings. The zero-order valence-electron chi connectivity index (χ0n) is 10.3. The van der Waals surface area contributed by atoms with Gasteiger partial charge < -0.3 is 10.1 Å². The van der Waals surface area contributed by atoms with Crippen molar-refractivity contribution in [3.63, 3.8) is 0 Å². The number of hydrogen-bond donors (Lipinski definition) is 1. The number of halogens is 2. The van der Waals surface area contributed by atoms with Crippen molar-refractivity contribution in [2.45, 2.75) is 26.3 Å². The summed E-state index contributed by atoms with van der Waals surface area (Å²) in [4.78, 5) is 0. The third-order valence-electron chi connectivity index (χ3n) is 2.48. The predicted octanol–water partition coefficient (Wildman–Crippen LogP) is 3.67. The molecule has 2 nitrogen and oxygen atoms in total. The second-order valence-corrected chi connectivity index (χ2v) is 4.66. The van der Waals surface area contributed by atoms with Gasteiger partial charge in [0.25, 0.3) is 0 Å². The van der Waals surface area contributed by atoms with Crippen molar-refractivity contribution in [3.05, 3.63) is 34.1 Å². The molecule has 0 bridgehead atoms. The van der Waals surface area contributed by atoms with Gasteiger partial charge in [-0.05, 0) is 32.0 Å². The first kappa shape index (κ1) is 14.6. The molecular weight excluding hydrogens is 285 g/mol. The van der Waals surface area contributed by atoms with E-state index in [-0.39, 0.29) is 11.9 Å². The Morgan fingerprint density at radius 1 is 1.41 bits per heavy atom. The van der Waals surface area contributed by atoms with Crippen molar-refractivity contribution in [2.24, 2.45) is 0 Å². The largest absolute Gasteiger partial charge is 0.380 e. The van der Waals surface area contributed by atoms with E-state index in [1.165, 1.54) is 6.07 Å². The van der Waals surface area contributed by atoms with Crippen LogP contribution in [0.4, 0.5) is 4.39 Å². The molecule has 0 radical (unpaired) electrons. The maximum atomic E-state index is 13.8. The number of nitrogens with one attached hydrogen (secondary N) is 1. The van der Waals surface area contributed by atoms with Crippen molar-refractivity contribution in [1.29, 1.82) is 0 Å². The summed E-state index contributed by atoms with van der Waals surface area (Å²) in [6.07, 6.45) is 1.01. The zero-order chi connectivity index (χ0) is 12.7. The molecule has 1 N–H and O–H groups in total. The molecule has 17 heavy (non-hydrogen) atoms. The minimum atomic E-state index is -0.201. The van der Waals surface area contributed by atoms with Crippen LogP contribution in [0.1, 0.15) is 31.9 Å². The smallest absolute Gasteiger partial charge is 0.129 e. The van der Waals surface area contributed by atoms with Crippen molar-refractivity contribution in [1.82, 2.24) is 5.32 Å². The Balaban J connectivity index is 2.86. The van der Waals surface area contributed by atoms with Crippen LogP contribution in [0.25, 0.3) is 0 Å². The van der Waals surface area contributed by atoms with E-state index in [4.69, 9.17) is 4.74 Å². The summed E-state index contributed by atoms with van der Waals surface area (Å²) < 4.78 is 20.0. The van der Waals surface area contributed by atoms with Gasteiger partial charge in [0.1, 0.15) is 5.82 Å². The van der Waals surface area contributed by atoms with Gasteiger partial charge in [0.05, 0.1) is 12.6 Å². The average Bonchev–Trinajstić information content (AvgIpc) is 2.31. The fraction of sp³-hybridized carbons (Fsp3) is 0.538. The first-order valence-corrected chi connectivity index (χ1v) is 6.75. The van der Waals surface area contributed by atoms with E-state index in [2.05, 4.69) is 28.2 Å². The van der Waals surface area contributed by atoms with E-state index in [9.17, 15) is 4.39 Å². The fourth-order valence-electron chi connectivity index (χ4n) is 1.64. The highest BCUT2D eigenvalue weighted by Gasteiger charge is 2.18. The normalized spacial score (nSPS) is 12.7. The van der Waals surface area contributed by atoms with Crippen LogP contribution in [0.15, 0.2) is 22.7 Å². The SMILES string of the molecule is CCCNC(COCC)c1c(F)cccc1Br. The Morgan fingerprint density at radius 3 is 2.76 bits per heavy atom. The van der Waals surface area contributed by atoms with Crippen LogP contribution in [-0.4, -0.2) is 19.8 Å². The predicted molar refractivity (Wildman–Crippen MR) is 71.6 cm³/mol. The second kappa shape index (κ2) is 7.80. The van der Waals surface area contributed by atoms with Gasteiger partial charge >= 0.3 is 0 Å². The quantitative estimate of drug-likeness (QED) is 0.830. The van der Waals surface area contributed by atoms with E-state index >= 15 is 0 Å². The summed E-state index contributed by atoms with van der Waals surface area (Å²) in [6.45, 7) is 5.99. The molecule has 0 amide bonds. The highest BCUT2D eigenvalue weighted by atomic mass is 79.9. The van der Waals surface area contributed by atoms with Crippen LogP contribution in [0, 0.1) is 5.82 Å². The summed E-state index contributed by atoms with van der Waals surface area (Å²) in [5, 5.41) is 3.31. The maximum Gasteiger partial charge on any atom is 0.129 e. The first-order chi connectivity index (χ1) is 8.20. The lowest BCUT2D eigenvalue weighted by Gasteiger charge is -2.20. The number of rotatable bonds is 7. The Morgan fingerprint density at radius 2 is 2.18 bits per heavy atom. The van der Waals surface area contributed by atoms with E-state index in [1.807, 2.05) is 13.0 Å². The maximum absolute atomic E-state index is 13.8. The summed E-state index contributed by atoms with van der Waals surface area (Å²) in [7, 11) is 0. The molecular formula is C13H19BrFNO. The molecule has 0 aliphatic heterocycles. The molecule has 0 aliphatic rings. The lowest BCUT2D eigenvalue weighted by atomic mass is 10.1. The topological polar surface area (TPSA) is 21.3 Å². The molecule has 4 heteroatoms. The highest BCUT2D eigenvalue weighted by Crippen LogP contribution is 2.26. The van der Waals surface area contributed by atoms with Gasteiger partial charge in [-0.15, -0.1) is 0 Å². The standard InChI is InChI=1S/C13H19BrFNO/c1-3-8-16-12(9-17-4-2)13-10(14)6-5-7-11(13)15/h5-7,12,16H,3-4,8-9H2,1-2H3. The number of hydrogen-bond acceptors (Lipinski definition) is 2. The van der Waals surface area contributed by atoms with Gasteiger partial charge in [-0.25, -0.2) is 4.39 Å². The molecule has 0 aliphatic carbocycles. The Hall–Kier alpha value is -0.450. The molecule has 1 rings (SSSR count). The molecule has 96 valence electrons. The number of benzene rings is 1. The van der Waals surface area contributed by atoms with Crippen LogP contribution in [0.5, 0.6) is 0 Å². The summed E-state index contributed by atoms with van der Waals surface area (Å²) in [6, 6.07) is 4.92. The van der Waals surface area contributed by atoms with Gasteiger partial charge in [0.2, 0.25) is 0 Å². The van der Waals surface area contributed by atoms with Gasteiger partial charge in [-0.2, -0.15) is 0 Å². The van der Waals surface area contributed by atoms with E-state index in [1.54, 1.807) is 6.07 Å². The minimum absolute atomic E-state index is 0.106. The van der Waals surface area contributed by atoms with Crippen molar-refractivity contribution in [3.8, 4) is 0 Å². The van der Waals surface area contributed by atoms with Crippen LogP contribution in [-0.2, 0) is 4.74 Å². The van der Waals surface area contributed by atoms with Crippen molar-refractivity contribution < 1.29 is 9.13 Å². The van der Waals surface area contributed by atoms with Gasteiger partial charge in [-0.1, -0.05) is 28.9 Å². The summed E-state index contributed by atoms with van der Waals surface area (Å²) in [5.74, 6) is -0.201. The molecule has 0 heterocycles. The van der Waals surface area contributed by atoms with E-state index < -0.39 is 0 Å². The Labute approximate surface area is 111 Å². The Bertz CT molecular complexity index is 318. The average molecular weight is 304 g/mol. The van der Waals surface area contributed by atoms with Gasteiger partial charge in [0.15, 0.2) is 0 Å². The summed E-state index contributed by atoms with van der Waals surface area (Å²) in [5.41, 5.74) is 0.648. The number of ether oxygens (including phenoxy) is 1. The molecule has 1 unspecified atom stereocenters. The summed E-state index contributed by atoms with van der Waals surface area (Å²) >= 11 is 3.40. The fourth-order valence-corrected chi connectivity index (χ4v) is 2.26. The van der Waals surface area contributed by atoms with E-state index in [0.29, 0.717) is 18.8 Å².